The third kappa shape index (κ3) is 9.44. The van der Waals surface area contributed by atoms with Gasteiger partial charge in [-0.2, -0.15) is 0 Å². The van der Waals surface area contributed by atoms with Gasteiger partial charge in [-0.05, 0) is 40.3 Å². The van der Waals surface area contributed by atoms with Crippen molar-refractivity contribution in [2.75, 3.05) is 41.3 Å². The summed E-state index contributed by atoms with van der Waals surface area (Å²) in [5, 5.41) is 0. The van der Waals surface area contributed by atoms with Crippen LogP contribution in [0.5, 0.6) is 0 Å². The average Bonchev–Trinajstić information content (AvgIpc) is 1.85. The Bertz CT molecular complexity index is 128. The SMILES string of the molecule is CN(C)CC=C=CCN(C)C. The van der Waals surface area contributed by atoms with Crippen LogP contribution >= 0.6 is 0 Å². The zero-order valence-electron chi connectivity index (χ0n) is 7.96. The summed E-state index contributed by atoms with van der Waals surface area (Å²) in [6, 6.07) is 0. The Balaban J connectivity index is 3.47. The first-order valence-corrected chi connectivity index (χ1v) is 3.82. The van der Waals surface area contributed by atoms with Gasteiger partial charge in [-0.25, -0.2) is 0 Å². The Morgan fingerprint density at radius 3 is 1.55 bits per heavy atom. The van der Waals surface area contributed by atoms with Crippen LogP contribution in [0.15, 0.2) is 17.9 Å². The molecule has 0 radical (unpaired) electrons. The average molecular weight is 154 g/mol. The molecule has 0 aliphatic heterocycles. The number of rotatable bonds is 4. The van der Waals surface area contributed by atoms with E-state index in [1.54, 1.807) is 0 Å². The quantitative estimate of drug-likeness (QED) is 0.553. The van der Waals surface area contributed by atoms with Gasteiger partial charge in [0.1, 0.15) is 0 Å². The molecule has 0 aliphatic carbocycles. The largest absolute Gasteiger partial charge is 0.305 e. The van der Waals surface area contributed by atoms with Crippen LogP contribution in [0.3, 0.4) is 0 Å². The Labute approximate surface area is 69.8 Å². The van der Waals surface area contributed by atoms with E-state index >= 15 is 0 Å². The highest BCUT2D eigenvalue weighted by molar-refractivity contribution is 4.87. The van der Waals surface area contributed by atoms with E-state index in [1.165, 1.54) is 0 Å². The molecule has 0 unspecified atom stereocenters. The topological polar surface area (TPSA) is 6.48 Å². The number of nitrogens with zero attached hydrogens (tertiary/aromatic N) is 2. The maximum Gasteiger partial charge on any atom is 0.0232 e. The van der Waals surface area contributed by atoms with Crippen molar-refractivity contribution in [1.82, 2.24) is 9.80 Å². The van der Waals surface area contributed by atoms with Gasteiger partial charge < -0.3 is 9.80 Å². The van der Waals surface area contributed by atoms with Gasteiger partial charge in [-0.3, -0.25) is 0 Å². The second-order valence-corrected chi connectivity index (χ2v) is 3.10. The van der Waals surface area contributed by atoms with Gasteiger partial charge in [-0.1, -0.05) is 0 Å². The highest BCUT2D eigenvalue weighted by atomic mass is 15.0. The molecule has 0 saturated carbocycles. The molecule has 0 rings (SSSR count). The van der Waals surface area contributed by atoms with Gasteiger partial charge in [0.05, 0.1) is 0 Å². The molecule has 0 aromatic carbocycles. The maximum absolute atomic E-state index is 3.11. The minimum Gasteiger partial charge on any atom is -0.305 e. The van der Waals surface area contributed by atoms with Gasteiger partial charge >= 0.3 is 0 Å². The molecule has 2 nitrogen and oxygen atoms in total. The Morgan fingerprint density at radius 2 is 1.27 bits per heavy atom. The summed E-state index contributed by atoms with van der Waals surface area (Å²) in [6.45, 7) is 1.92. The van der Waals surface area contributed by atoms with Crippen LogP contribution in [0.2, 0.25) is 0 Å². The molecule has 0 aromatic heterocycles. The third-order valence-corrected chi connectivity index (χ3v) is 1.15. The predicted molar refractivity (Wildman–Crippen MR) is 49.8 cm³/mol. The van der Waals surface area contributed by atoms with Crippen molar-refractivity contribution in [3.63, 3.8) is 0 Å². The molecule has 0 aliphatic rings. The van der Waals surface area contributed by atoms with Crippen molar-refractivity contribution < 1.29 is 0 Å². The van der Waals surface area contributed by atoms with Crippen LogP contribution < -0.4 is 0 Å². The molecule has 2 heteroatoms. The van der Waals surface area contributed by atoms with Crippen LogP contribution in [0, 0.1) is 0 Å². The lowest BCUT2D eigenvalue weighted by Crippen LogP contribution is -2.11. The molecule has 0 N–H and O–H groups in total. The van der Waals surface area contributed by atoms with Crippen LogP contribution in [0.4, 0.5) is 0 Å². The van der Waals surface area contributed by atoms with E-state index in [0.717, 1.165) is 13.1 Å². The van der Waals surface area contributed by atoms with Crippen molar-refractivity contribution in [1.29, 1.82) is 0 Å². The minimum atomic E-state index is 0.962. The van der Waals surface area contributed by atoms with Gasteiger partial charge in [0.2, 0.25) is 0 Å². The van der Waals surface area contributed by atoms with Crippen molar-refractivity contribution >= 4 is 0 Å². The van der Waals surface area contributed by atoms with Gasteiger partial charge in [0.15, 0.2) is 0 Å². The van der Waals surface area contributed by atoms with E-state index in [0.29, 0.717) is 0 Å². The summed E-state index contributed by atoms with van der Waals surface area (Å²) in [7, 11) is 8.18. The molecule has 11 heavy (non-hydrogen) atoms. The van der Waals surface area contributed by atoms with E-state index in [4.69, 9.17) is 0 Å². The molecule has 0 fully saturated rings. The number of hydrogen-bond acceptors (Lipinski definition) is 2. The van der Waals surface area contributed by atoms with Gasteiger partial charge in [-0.15, -0.1) is 5.73 Å². The monoisotopic (exact) mass is 154 g/mol. The third-order valence-electron chi connectivity index (χ3n) is 1.15. The summed E-state index contributed by atoms with van der Waals surface area (Å²) < 4.78 is 0. The normalized spacial score (nSPS) is 10.0. The summed E-state index contributed by atoms with van der Waals surface area (Å²) >= 11 is 0. The lowest BCUT2D eigenvalue weighted by molar-refractivity contribution is 0.453. The second kappa shape index (κ2) is 6.17. The molecule has 0 amide bonds. The fourth-order valence-corrected chi connectivity index (χ4v) is 0.554. The van der Waals surface area contributed by atoms with E-state index in [9.17, 15) is 0 Å². The summed E-state index contributed by atoms with van der Waals surface area (Å²) in [6.07, 6.45) is 4.06. The standard InChI is InChI=1S/C9H18N2/c1-10(2)8-6-5-7-9-11(3)4/h6-7H,8-9H2,1-4H3. The van der Waals surface area contributed by atoms with Crippen molar-refractivity contribution in [2.24, 2.45) is 0 Å². The molecule has 0 atom stereocenters. The van der Waals surface area contributed by atoms with Crippen molar-refractivity contribution in [2.45, 2.75) is 0 Å². The molecule has 0 heterocycles. The predicted octanol–water partition coefficient (Wildman–Crippen LogP) is 0.821. The Morgan fingerprint density at radius 1 is 0.909 bits per heavy atom. The van der Waals surface area contributed by atoms with Crippen molar-refractivity contribution in [3.05, 3.63) is 17.9 Å². The summed E-state index contributed by atoms with van der Waals surface area (Å²) in [5.41, 5.74) is 3.11. The zero-order chi connectivity index (χ0) is 8.69. The van der Waals surface area contributed by atoms with Gasteiger partial charge in [0, 0.05) is 13.1 Å². The van der Waals surface area contributed by atoms with E-state index in [-0.39, 0.29) is 0 Å². The molecule has 0 bridgehead atoms. The first-order chi connectivity index (χ1) is 5.13. The fourth-order valence-electron chi connectivity index (χ4n) is 0.554. The van der Waals surface area contributed by atoms with Crippen LogP contribution in [0.25, 0.3) is 0 Å². The lowest BCUT2D eigenvalue weighted by Gasteiger charge is -2.03. The summed E-state index contributed by atoms with van der Waals surface area (Å²) in [4.78, 5) is 4.22. The molecule has 64 valence electrons. The van der Waals surface area contributed by atoms with Crippen molar-refractivity contribution in [3.8, 4) is 0 Å². The number of hydrogen-bond donors (Lipinski definition) is 0. The first kappa shape index (κ1) is 10.4. The molecule has 0 aromatic rings. The number of likely N-dealkylation sites (N-methyl/N-ethyl adjacent to an activating group) is 2. The molecular weight excluding hydrogens is 136 g/mol. The highest BCUT2D eigenvalue weighted by Gasteiger charge is 1.80. The Kier molecular flexibility index (Phi) is 5.86. The van der Waals surface area contributed by atoms with Gasteiger partial charge in [0.25, 0.3) is 0 Å². The highest BCUT2D eigenvalue weighted by Crippen LogP contribution is 1.77. The smallest absolute Gasteiger partial charge is 0.0232 e. The zero-order valence-corrected chi connectivity index (χ0v) is 7.96. The molecular formula is C9H18N2. The van der Waals surface area contributed by atoms with Crippen LogP contribution in [0.1, 0.15) is 0 Å². The summed E-state index contributed by atoms with van der Waals surface area (Å²) in [5.74, 6) is 0. The lowest BCUT2D eigenvalue weighted by atomic mass is 10.5. The minimum absolute atomic E-state index is 0.962. The van der Waals surface area contributed by atoms with E-state index in [2.05, 4.69) is 15.5 Å². The fraction of sp³-hybridized carbons (Fsp3) is 0.667. The van der Waals surface area contributed by atoms with E-state index in [1.807, 2.05) is 40.3 Å². The van der Waals surface area contributed by atoms with Crippen LogP contribution in [-0.2, 0) is 0 Å². The van der Waals surface area contributed by atoms with E-state index < -0.39 is 0 Å². The van der Waals surface area contributed by atoms with Crippen LogP contribution in [-0.4, -0.2) is 51.1 Å². The molecule has 0 saturated heterocycles. The molecule has 0 spiro atoms. The first-order valence-electron chi connectivity index (χ1n) is 3.82. The Hall–Kier alpha value is -0.560. The maximum atomic E-state index is 3.11. The second-order valence-electron chi connectivity index (χ2n) is 3.10.